The van der Waals surface area contributed by atoms with E-state index in [0.29, 0.717) is 32.8 Å². The molecule has 0 radical (unpaired) electrons. The molecule has 68 heavy (non-hydrogen) atoms. The Morgan fingerprint density at radius 2 is 0.838 bits per heavy atom. The maximum absolute atomic E-state index is 13.3. The maximum atomic E-state index is 13.3. The van der Waals surface area contributed by atoms with Crippen molar-refractivity contribution in [2.75, 3.05) is 0 Å². The normalized spacial score (nSPS) is 25.4. The highest BCUT2D eigenvalue weighted by Gasteiger charge is 2.48. The molecule has 4 unspecified atom stereocenters. The monoisotopic (exact) mass is 929 g/mol. The highest BCUT2D eigenvalue weighted by atomic mass is 16.7. The van der Waals surface area contributed by atoms with Gasteiger partial charge in [0, 0.05) is 6.04 Å². The summed E-state index contributed by atoms with van der Waals surface area (Å²) in [5, 5.41) is 12.4. The largest absolute Gasteiger partial charge is 0.479 e. The molecule has 0 bridgehead atoms. The quantitative estimate of drug-likeness (QED) is 0.0764. The van der Waals surface area contributed by atoms with Gasteiger partial charge in [0.15, 0.2) is 30.9 Å². The molecule has 7 rings (SSSR count). The molecule has 2 aliphatic heterocycles. The number of carboxylic acids is 1. The minimum atomic E-state index is -0.970. The standard InChI is InChI=1S/C34H41NO6.C22H26O5/c1-23(20-27-14-8-5-9-15-27)35-32(36)26(4)40-33(37)30-24(2)25(3)31(38-21-28-16-10-6-11-17-28)34(41-30)39-22-29-18-12-7-13-19-29;1-15-16(2)20(25-13-17-9-5-3-6-10-17)22(27-19(15)21(23)24)26-14-18-11-7-4-8-12-18/h5-19,23-26,30-31,34H,20-22H2,1-4H3,(H,35,36);3-12,15-16,19-20,22H,13-14H2,1-2H3,(H,23,24)/t23-,24-,25?,26+,30?,31-,34+;15-,16?,19?,20-,22+/m00/s1. The number of aliphatic carboxylic acids is 1. The lowest BCUT2D eigenvalue weighted by Crippen LogP contribution is -2.54. The van der Waals surface area contributed by atoms with Crippen LogP contribution in [0.25, 0.3) is 0 Å². The highest BCUT2D eigenvalue weighted by Crippen LogP contribution is 2.36. The van der Waals surface area contributed by atoms with Crippen LogP contribution >= 0.6 is 0 Å². The lowest BCUT2D eigenvalue weighted by atomic mass is 9.83. The van der Waals surface area contributed by atoms with Gasteiger partial charge in [0.05, 0.1) is 26.4 Å². The van der Waals surface area contributed by atoms with E-state index < -0.39 is 48.9 Å². The number of hydrogen-bond acceptors (Lipinski definition) is 10. The Bertz CT molecular complexity index is 2250. The number of esters is 1. The minimum absolute atomic E-state index is 0.0238. The predicted molar refractivity (Wildman–Crippen MR) is 257 cm³/mol. The summed E-state index contributed by atoms with van der Waals surface area (Å²) in [4.78, 5) is 37.8. The Balaban J connectivity index is 0.000000244. The molecule has 0 spiro atoms. The fraction of sp³-hybridized carbons (Fsp3) is 0.411. The molecular weight excluding hydrogens is 863 g/mol. The summed E-state index contributed by atoms with van der Waals surface area (Å²) in [7, 11) is 0. The second-order valence-electron chi connectivity index (χ2n) is 17.9. The zero-order valence-corrected chi connectivity index (χ0v) is 39.9. The van der Waals surface area contributed by atoms with E-state index in [2.05, 4.69) is 5.32 Å². The summed E-state index contributed by atoms with van der Waals surface area (Å²) in [6.07, 6.45) is -4.38. The third-order valence-corrected chi connectivity index (χ3v) is 12.7. The average molecular weight is 930 g/mol. The van der Waals surface area contributed by atoms with Gasteiger partial charge in [0.25, 0.3) is 5.91 Å². The summed E-state index contributed by atoms with van der Waals surface area (Å²) in [5.74, 6) is -2.42. The van der Waals surface area contributed by atoms with Crippen molar-refractivity contribution in [2.45, 2.75) is 124 Å². The van der Waals surface area contributed by atoms with E-state index in [4.69, 9.17) is 33.2 Å². The molecule has 2 N–H and O–H groups in total. The van der Waals surface area contributed by atoms with E-state index in [-0.39, 0.29) is 41.7 Å². The van der Waals surface area contributed by atoms with Gasteiger partial charge in [0.1, 0.15) is 12.2 Å². The fourth-order valence-electron chi connectivity index (χ4n) is 8.33. The molecule has 0 saturated carbocycles. The predicted octanol–water partition coefficient (Wildman–Crippen LogP) is 9.34. The summed E-state index contributed by atoms with van der Waals surface area (Å²) in [6.45, 7) is 12.8. The van der Waals surface area contributed by atoms with Crippen molar-refractivity contribution in [1.29, 1.82) is 0 Å². The van der Waals surface area contributed by atoms with Crippen LogP contribution in [-0.2, 0) is 80.4 Å². The van der Waals surface area contributed by atoms with Gasteiger partial charge in [-0.15, -0.1) is 0 Å². The molecule has 2 fully saturated rings. The molecule has 0 aliphatic carbocycles. The number of rotatable bonds is 19. The number of carboxylic acid groups (broad SMARTS) is 1. The van der Waals surface area contributed by atoms with E-state index in [1.54, 1.807) is 6.92 Å². The molecule has 0 aromatic heterocycles. The van der Waals surface area contributed by atoms with Crippen LogP contribution in [0, 0.1) is 23.7 Å². The smallest absolute Gasteiger partial charge is 0.336 e. The first-order chi connectivity index (χ1) is 32.9. The lowest BCUT2D eigenvalue weighted by molar-refractivity contribution is -0.286. The van der Waals surface area contributed by atoms with Crippen LogP contribution in [0.1, 0.15) is 69.4 Å². The van der Waals surface area contributed by atoms with Crippen molar-refractivity contribution in [1.82, 2.24) is 5.32 Å². The van der Waals surface area contributed by atoms with Crippen molar-refractivity contribution < 1.29 is 52.6 Å². The zero-order valence-electron chi connectivity index (χ0n) is 39.9. The van der Waals surface area contributed by atoms with Crippen LogP contribution in [0.2, 0.25) is 0 Å². The van der Waals surface area contributed by atoms with Crippen LogP contribution < -0.4 is 5.32 Å². The van der Waals surface area contributed by atoms with Crippen molar-refractivity contribution in [3.05, 3.63) is 179 Å². The SMILES string of the molecule is CC1[C@H](C)C(C(=O)O)O[C@@H](OCc2ccccc2)[C@H]1OCc1ccccc1.CC1[C@H](C)C(C(=O)O[C@H](C)C(=O)N[C@@H](C)Cc2ccccc2)O[C@@H](OCc2ccccc2)[C@H]1OCc1ccccc1. The molecular formula is C56H67NO11. The molecule has 1 amide bonds. The molecule has 12 nitrogen and oxygen atoms in total. The van der Waals surface area contributed by atoms with Crippen LogP contribution in [0.5, 0.6) is 0 Å². The third kappa shape index (κ3) is 15.1. The van der Waals surface area contributed by atoms with Gasteiger partial charge in [-0.2, -0.15) is 0 Å². The number of carbonyl (C=O) groups is 3. The van der Waals surface area contributed by atoms with Crippen molar-refractivity contribution in [3.8, 4) is 0 Å². The lowest BCUT2D eigenvalue weighted by Gasteiger charge is -2.43. The van der Waals surface area contributed by atoms with Crippen LogP contribution in [0.15, 0.2) is 152 Å². The van der Waals surface area contributed by atoms with E-state index in [1.807, 2.05) is 186 Å². The molecule has 2 saturated heterocycles. The molecule has 12 heteroatoms. The number of benzene rings is 5. The molecule has 2 aliphatic rings. The first kappa shape index (κ1) is 51.7. The van der Waals surface area contributed by atoms with Gasteiger partial charge < -0.3 is 43.6 Å². The molecule has 5 aromatic rings. The summed E-state index contributed by atoms with van der Waals surface area (Å²) >= 11 is 0. The second kappa shape index (κ2) is 26.1. The fourth-order valence-corrected chi connectivity index (χ4v) is 8.33. The Morgan fingerprint density at radius 3 is 1.22 bits per heavy atom. The number of hydrogen-bond donors (Lipinski definition) is 2. The van der Waals surface area contributed by atoms with Crippen molar-refractivity contribution in [3.63, 3.8) is 0 Å². The van der Waals surface area contributed by atoms with E-state index in [0.717, 1.165) is 27.8 Å². The van der Waals surface area contributed by atoms with Crippen LogP contribution in [-0.4, -0.2) is 72.1 Å². The van der Waals surface area contributed by atoms with Gasteiger partial charge in [-0.25, -0.2) is 9.59 Å². The molecule has 12 atom stereocenters. The minimum Gasteiger partial charge on any atom is -0.479 e. The summed E-state index contributed by atoms with van der Waals surface area (Å²) in [5.41, 5.74) is 5.20. The first-order valence-electron chi connectivity index (χ1n) is 23.6. The molecule has 362 valence electrons. The molecule has 2 heterocycles. The van der Waals surface area contributed by atoms with E-state index >= 15 is 0 Å². The van der Waals surface area contributed by atoms with Crippen molar-refractivity contribution in [2.24, 2.45) is 23.7 Å². The summed E-state index contributed by atoms with van der Waals surface area (Å²) in [6, 6.07) is 49.1. The van der Waals surface area contributed by atoms with E-state index in [1.165, 1.54) is 0 Å². The number of amides is 1. The zero-order chi connectivity index (χ0) is 48.4. The third-order valence-electron chi connectivity index (χ3n) is 12.7. The van der Waals surface area contributed by atoms with Gasteiger partial charge >= 0.3 is 11.9 Å². The van der Waals surface area contributed by atoms with Crippen molar-refractivity contribution >= 4 is 17.8 Å². The van der Waals surface area contributed by atoms with Crippen LogP contribution in [0.3, 0.4) is 0 Å². The van der Waals surface area contributed by atoms with Crippen LogP contribution in [0.4, 0.5) is 0 Å². The average Bonchev–Trinajstić information content (AvgIpc) is 3.35. The molecule has 5 aromatic carbocycles. The topological polar surface area (TPSA) is 148 Å². The van der Waals surface area contributed by atoms with Gasteiger partial charge in [-0.1, -0.05) is 179 Å². The summed E-state index contributed by atoms with van der Waals surface area (Å²) < 4.78 is 42.3. The Labute approximate surface area is 401 Å². The number of carbonyl (C=O) groups excluding carboxylic acids is 2. The number of ether oxygens (including phenoxy) is 7. The highest BCUT2D eigenvalue weighted by molar-refractivity contribution is 5.85. The van der Waals surface area contributed by atoms with Gasteiger partial charge in [-0.3, -0.25) is 4.79 Å². The van der Waals surface area contributed by atoms with Gasteiger partial charge in [-0.05, 0) is 71.8 Å². The number of nitrogens with one attached hydrogen (secondary N) is 1. The van der Waals surface area contributed by atoms with Gasteiger partial charge in [0.2, 0.25) is 0 Å². The maximum Gasteiger partial charge on any atom is 0.336 e. The Hall–Kier alpha value is -5.73. The Morgan fingerprint density at radius 1 is 0.500 bits per heavy atom. The second-order valence-corrected chi connectivity index (χ2v) is 17.9. The first-order valence-corrected chi connectivity index (χ1v) is 23.6. The van der Waals surface area contributed by atoms with E-state index in [9.17, 15) is 19.5 Å². The Kier molecular flexibility index (Phi) is 19.9.